The van der Waals surface area contributed by atoms with Crippen LogP contribution in [0.5, 0.6) is 0 Å². The summed E-state index contributed by atoms with van der Waals surface area (Å²) in [7, 11) is 0. The Morgan fingerprint density at radius 2 is 0.806 bits per heavy atom. The molecule has 2 heterocycles. The molecule has 2 aliphatic carbocycles. The van der Waals surface area contributed by atoms with Crippen LogP contribution >= 0.6 is 22.7 Å². The average molecular weight is 1250 g/mol. The highest BCUT2D eigenvalue weighted by atomic mass is 32.1. The van der Waals surface area contributed by atoms with Crippen molar-refractivity contribution in [1.82, 2.24) is 0 Å². The van der Waals surface area contributed by atoms with Gasteiger partial charge in [-0.1, -0.05) is 254 Å². The minimum Gasteiger partial charge on any atom is -0.477 e. The van der Waals surface area contributed by atoms with Gasteiger partial charge in [0, 0.05) is 36.6 Å². The summed E-state index contributed by atoms with van der Waals surface area (Å²) in [4.78, 5) is 19.2. The van der Waals surface area contributed by atoms with Crippen molar-refractivity contribution in [2.24, 2.45) is 0 Å². The van der Waals surface area contributed by atoms with E-state index in [1.807, 2.05) is 40.9 Å². The van der Waals surface area contributed by atoms with Gasteiger partial charge in [0.25, 0.3) is 0 Å². The molecule has 93 heavy (non-hydrogen) atoms. The second-order valence-corrected chi connectivity index (χ2v) is 27.8. The molecule has 4 nitrogen and oxygen atoms in total. The van der Waals surface area contributed by atoms with Gasteiger partial charge in [-0.05, 0) is 201 Å². The second-order valence-electron chi connectivity index (χ2n) is 25.7. The van der Waals surface area contributed by atoms with Gasteiger partial charge in [0.2, 0.25) is 0 Å². The maximum atomic E-state index is 11.9. The molecule has 0 saturated carbocycles. The Morgan fingerprint density at radius 1 is 0.441 bits per heavy atom. The molecule has 464 valence electrons. The number of aryl methyl sites for hydroxylation is 4. The summed E-state index contributed by atoms with van der Waals surface area (Å²) in [6.45, 7) is 9.05. The normalized spacial score (nSPS) is 14.3. The van der Waals surface area contributed by atoms with E-state index in [-0.39, 0.29) is 5.57 Å². The van der Waals surface area contributed by atoms with Crippen LogP contribution in [0, 0.1) is 18.3 Å². The first kappa shape index (κ1) is 62.7. The van der Waals surface area contributed by atoms with Crippen molar-refractivity contribution < 1.29 is 9.90 Å². The van der Waals surface area contributed by atoms with Gasteiger partial charge in [-0.3, -0.25) is 0 Å². The van der Waals surface area contributed by atoms with Gasteiger partial charge in [0.1, 0.15) is 11.6 Å². The molecule has 0 aliphatic heterocycles. The standard InChI is InChI=1S/C87H82N2O2S2/c1-5-8-11-16-23-61-34-46-69(47-35-61)86(68-44-30-60(4)31-45-68)77-55-76-78(56-75(77)83-79(86)57-81(92-83)65-40-32-64(33-41-65)54-67(59-88)85(90)91)87(70-48-36-62(37-49-70)24-17-12-9-6-2,71-50-38-63(39-51-71)25-18-13-10-7-3)80-58-82(93-84(76)80)66-42-52-74(53-43-66)89(72-26-19-14-20-27-72)73-28-21-15-22-29-73/h14-15,19-22,26-58H,5-13,16-18,23-25H2,1-4H3,(H,90,91)/b67-54-. The number of aliphatic carboxylic acids is 1. The predicted octanol–water partition coefficient (Wildman–Crippen LogP) is 24.0. The molecule has 0 fully saturated rings. The first-order chi connectivity index (χ1) is 45.6. The maximum Gasteiger partial charge on any atom is 0.346 e. The fourth-order valence-electron chi connectivity index (χ4n) is 14.8. The fraction of sp³-hybridized carbons (Fsp3) is 0.241. The zero-order chi connectivity index (χ0) is 63.9. The van der Waals surface area contributed by atoms with E-state index in [0.29, 0.717) is 5.56 Å². The molecular weight excluding hydrogens is 1170 g/mol. The van der Waals surface area contributed by atoms with Crippen molar-refractivity contribution >= 4 is 51.8 Å². The molecule has 9 aromatic carbocycles. The summed E-state index contributed by atoms with van der Waals surface area (Å²) in [5.74, 6) is -1.23. The first-order valence-electron chi connectivity index (χ1n) is 34.0. The van der Waals surface area contributed by atoms with E-state index in [1.54, 1.807) is 0 Å². The number of para-hydroxylation sites is 2. The zero-order valence-electron chi connectivity index (χ0n) is 54.2. The van der Waals surface area contributed by atoms with Crippen molar-refractivity contribution in [3.63, 3.8) is 0 Å². The number of rotatable bonds is 26. The summed E-state index contributed by atoms with van der Waals surface area (Å²) in [6, 6.07) is 89.3. The minimum atomic E-state index is -1.23. The molecule has 13 rings (SSSR count). The van der Waals surface area contributed by atoms with Gasteiger partial charge >= 0.3 is 5.97 Å². The molecule has 0 radical (unpaired) electrons. The number of carbonyl (C=O) groups is 1. The number of unbranched alkanes of at least 4 members (excludes halogenated alkanes) is 9. The van der Waals surface area contributed by atoms with Crippen molar-refractivity contribution in [2.75, 3.05) is 4.90 Å². The number of benzene rings is 9. The fourth-order valence-corrected chi connectivity index (χ4v) is 17.3. The number of hydrogen-bond acceptors (Lipinski definition) is 5. The van der Waals surface area contributed by atoms with Crippen LogP contribution in [0.3, 0.4) is 0 Å². The number of hydrogen-bond donors (Lipinski definition) is 1. The molecule has 2 aromatic heterocycles. The Kier molecular flexibility index (Phi) is 18.9. The lowest BCUT2D eigenvalue weighted by atomic mass is 9.65. The third-order valence-corrected chi connectivity index (χ3v) is 22.1. The Bertz CT molecular complexity index is 4360. The lowest BCUT2D eigenvalue weighted by Crippen LogP contribution is -2.30. The number of thiophene rings is 2. The highest BCUT2D eigenvalue weighted by Gasteiger charge is 2.53. The second kappa shape index (κ2) is 28.0. The SMILES string of the molecule is CCCCCCc1ccc(C2(c3ccc(C)cc3)c3cc4c(cc3-c3sc(-c5ccc(/C=C(/C#N)C(=O)O)cc5)cc32)C(c2ccc(CCCCCC)cc2)(c2ccc(CCCCCC)cc2)c2cc(-c3ccc(N(c5ccccc5)c5ccccc5)cc3)sc2-4)cc1. The molecule has 0 amide bonds. The first-order valence-corrected chi connectivity index (χ1v) is 35.6. The lowest BCUT2D eigenvalue weighted by molar-refractivity contribution is -0.132. The van der Waals surface area contributed by atoms with Gasteiger partial charge in [0.15, 0.2) is 0 Å². The number of nitrogens with zero attached hydrogens (tertiary/aromatic N) is 2. The van der Waals surface area contributed by atoms with Crippen LogP contribution in [0.15, 0.2) is 236 Å². The summed E-state index contributed by atoms with van der Waals surface area (Å²) >= 11 is 3.78. The van der Waals surface area contributed by atoms with E-state index in [0.717, 1.165) is 46.8 Å². The third-order valence-electron chi connectivity index (χ3n) is 19.6. The molecule has 0 bridgehead atoms. The number of carboxylic acids is 1. The molecule has 2 aliphatic rings. The maximum absolute atomic E-state index is 11.9. The molecule has 1 N–H and O–H groups in total. The Labute approximate surface area is 559 Å². The van der Waals surface area contributed by atoms with Gasteiger partial charge in [-0.25, -0.2) is 4.79 Å². The molecule has 11 aromatic rings. The van der Waals surface area contributed by atoms with Crippen molar-refractivity contribution in [3.05, 3.63) is 308 Å². The van der Waals surface area contributed by atoms with Gasteiger partial charge in [-0.15, -0.1) is 22.7 Å². The van der Waals surface area contributed by atoms with Crippen LogP contribution in [0.1, 0.15) is 170 Å². The number of nitriles is 1. The van der Waals surface area contributed by atoms with E-state index < -0.39 is 16.8 Å². The van der Waals surface area contributed by atoms with Crippen LogP contribution < -0.4 is 4.90 Å². The van der Waals surface area contributed by atoms with Crippen LogP contribution in [0.4, 0.5) is 17.1 Å². The van der Waals surface area contributed by atoms with E-state index in [9.17, 15) is 15.2 Å². The van der Waals surface area contributed by atoms with Crippen molar-refractivity contribution in [3.8, 4) is 47.8 Å². The number of carboxylic acid groups (broad SMARTS) is 1. The van der Waals surface area contributed by atoms with Crippen molar-refractivity contribution in [2.45, 2.75) is 135 Å². The van der Waals surface area contributed by atoms with E-state index in [1.165, 1.54) is 181 Å². The molecule has 0 saturated heterocycles. The van der Waals surface area contributed by atoms with Crippen molar-refractivity contribution in [1.29, 1.82) is 5.26 Å². The topological polar surface area (TPSA) is 64.3 Å². The summed E-state index contributed by atoms with van der Waals surface area (Å²) in [6.07, 6.45) is 19.3. The monoisotopic (exact) mass is 1250 g/mol. The quantitative estimate of drug-likeness (QED) is 0.0333. The Balaban J connectivity index is 1.06. The van der Waals surface area contributed by atoms with Crippen LogP contribution in [-0.2, 0) is 34.9 Å². The van der Waals surface area contributed by atoms with Crippen LogP contribution in [0.25, 0.3) is 47.8 Å². The number of fused-ring (bicyclic) bond motifs is 6. The summed E-state index contributed by atoms with van der Waals surface area (Å²) < 4.78 is 0. The Hall–Kier alpha value is -9.12. The molecule has 1 unspecified atom stereocenters. The smallest absolute Gasteiger partial charge is 0.346 e. The van der Waals surface area contributed by atoms with Gasteiger partial charge < -0.3 is 10.0 Å². The van der Waals surface area contributed by atoms with Crippen LogP contribution in [0.2, 0.25) is 0 Å². The molecule has 6 heteroatoms. The molecular formula is C87H82N2O2S2. The van der Waals surface area contributed by atoms with Gasteiger partial charge in [0.05, 0.1) is 10.8 Å². The highest BCUT2D eigenvalue weighted by Crippen LogP contribution is 2.66. The highest BCUT2D eigenvalue weighted by molar-refractivity contribution is 7.19. The van der Waals surface area contributed by atoms with E-state index in [4.69, 9.17) is 0 Å². The van der Waals surface area contributed by atoms with E-state index in [2.05, 4.69) is 251 Å². The van der Waals surface area contributed by atoms with Gasteiger partial charge in [-0.2, -0.15) is 5.26 Å². The average Bonchev–Trinajstić information content (AvgIpc) is 1.50. The van der Waals surface area contributed by atoms with E-state index >= 15 is 0 Å². The Morgan fingerprint density at radius 3 is 1.17 bits per heavy atom. The molecule has 0 spiro atoms. The predicted molar refractivity (Wildman–Crippen MR) is 392 cm³/mol. The van der Waals surface area contributed by atoms with Crippen LogP contribution in [-0.4, -0.2) is 11.1 Å². The third kappa shape index (κ3) is 12.2. The lowest BCUT2D eigenvalue weighted by Gasteiger charge is -2.35. The summed E-state index contributed by atoms with van der Waals surface area (Å²) in [5, 5.41) is 19.4. The minimum absolute atomic E-state index is 0.293. The largest absolute Gasteiger partial charge is 0.477 e. The molecule has 1 atom stereocenters. The zero-order valence-corrected chi connectivity index (χ0v) is 55.8. The number of anilines is 3. The summed E-state index contributed by atoms with van der Waals surface area (Å²) in [5.41, 5.74) is 22.6.